The molecule has 0 aromatic heterocycles. The second-order valence-corrected chi connectivity index (χ2v) is 3.18. The second-order valence-electron chi connectivity index (χ2n) is 3.18. The van der Waals surface area contributed by atoms with Gasteiger partial charge in [-0.2, -0.15) is 0 Å². The van der Waals surface area contributed by atoms with E-state index in [4.69, 9.17) is 0 Å². The minimum Gasteiger partial charge on any atom is -0.320 e. The highest BCUT2D eigenvalue weighted by atomic mass is 14.8. The first-order valence-electron chi connectivity index (χ1n) is 4.93. The van der Waals surface area contributed by atoms with Crippen LogP contribution in [-0.4, -0.2) is 13.6 Å². The highest BCUT2D eigenvalue weighted by Crippen LogP contribution is 1.89. The highest BCUT2D eigenvalue weighted by Gasteiger charge is 1.78. The standard InChI is InChI=1S/C6H15N.C5H10.H2/c1-3-4-5-6-7-2;1-4-5(2)3;/h7H,3-6H2,1-2H3;4H,1-3H3;1H. The van der Waals surface area contributed by atoms with Crippen LogP contribution in [0.2, 0.25) is 0 Å². The van der Waals surface area contributed by atoms with E-state index in [1.165, 1.54) is 31.4 Å². The Morgan fingerprint density at radius 3 is 2.08 bits per heavy atom. The molecule has 0 unspecified atom stereocenters. The van der Waals surface area contributed by atoms with E-state index < -0.39 is 0 Å². The van der Waals surface area contributed by atoms with Crippen LogP contribution in [0.25, 0.3) is 0 Å². The Kier molecular flexibility index (Phi) is 15.8. The van der Waals surface area contributed by atoms with Gasteiger partial charge in [0.25, 0.3) is 0 Å². The molecule has 0 aromatic rings. The van der Waals surface area contributed by atoms with Gasteiger partial charge in [0.05, 0.1) is 0 Å². The minimum atomic E-state index is 0. The molecular weight excluding hydrogens is 146 g/mol. The smallest absolute Gasteiger partial charge is 0 e. The molecule has 0 saturated carbocycles. The number of allylic oxidation sites excluding steroid dienone is 2. The molecule has 0 aliphatic carbocycles. The Labute approximate surface area is 79.7 Å². The largest absolute Gasteiger partial charge is 0.320 e. The van der Waals surface area contributed by atoms with Gasteiger partial charge in [-0.15, -0.1) is 0 Å². The number of unbranched alkanes of at least 4 members (excludes halogenated alkanes) is 2. The van der Waals surface area contributed by atoms with Crippen molar-refractivity contribution in [2.75, 3.05) is 13.6 Å². The molecule has 1 heteroatoms. The van der Waals surface area contributed by atoms with Crippen molar-refractivity contribution < 1.29 is 1.43 Å². The summed E-state index contributed by atoms with van der Waals surface area (Å²) in [4.78, 5) is 0. The monoisotopic (exact) mass is 173 g/mol. The predicted octanol–water partition coefficient (Wildman–Crippen LogP) is 3.61. The summed E-state index contributed by atoms with van der Waals surface area (Å²) < 4.78 is 0. The summed E-state index contributed by atoms with van der Waals surface area (Å²) >= 11 is 0. The van der Waals surface area contributed by atoms with E-state index in [0.717, 1.165) is 0 Å². The lowest BCUT2D eigenvalue weighted by atomic mass is 10.2. The van der Waals surface area contributed by atoms with Gasteiger partial charge in [0.15, 0.2) is 0 Å². The molecule has 0 amide bonds. The van der Waals surface area contributed by atoms with Crippen LogP contribution >= 0.6 is 0 Å². The lowest BCUT2D eigenvalue weighted by Crippen LogP contribution is -2.06. The quantitative estimate of drug-likeness (QED) is 0.506. The van der Waals surface area contributed by atoms with Crippen LogP contribution in [0, 0.1) is 0 Å². The number of nitrogens with one attached hydrogen (secondary N) is 1. The maximum absolute atomic E-state index is 3.10. The lowest BCUT2D eigenvalue weighted by Gasteiger charge is -1.93. The average Bonchev–Trinajstić information content (AvgIpc) is 2.07. The highest BCUT2D eigenvalue weighted by molar-refractivity contribution is 4.88. The summed E-state index contributed by atoms with van der Waals surface area (Å²) in [7, 11) is 2.00. The summed E-state index contributed by atoms with van der Waals surface area (Å²) in [5.41, 5.74) is 1.38. The zero-order chi connectivity index (χ0) is 9.82. The van der Waals surface area contributed by atoms with Gasteiger partial charge < -0.3 is 5.32 Å². The first kappa shape index (κ1) is 14.2. The third-order valence-electron chi connectivity index (χ3n) is 1.61. The van der Waals surface area contributed by atoms with Crippen LogP contribution in [0.15, 0.2) is 11.6 Å². The Morgan fingerprint density at radius 1 is 1.33 bits per heavy atom. The molecule has 1 nitrogen and oxygen atoms in total. The number of hydrogen-bond acceptors (Lipinski definition) is 1. The van der Waals surface area contributed by atoms with Crippen LogP contribution in [0.5, 0.6) is 0 Å². The van der Waals surface area contributed by atoms with Gasteiger partial charge in [0.1, 0.15) is 0 Å². The van der Waals surface area contributed by atoms with Gasteiger partial charge in [-0.05, 0) is 40.8 Å². The third-order valence-corrected chi connectivity index (χ3v) is 1.61. The van der Waals surface area contributed by atoms with Crippen LogP contribution < -0.4 is 5.32 Å². The van der Waals surface area contributed by atoms with Gasteiger partial charge in [-0.3, -0.25) is 0 Å². The van der Waals surface area contributed by atoms with E-state index in [1.807, 2.05) is 14.0 Å². The molecule has 0 rings (SSSR count). The molecule has 12 heavy (non-hydrogen) atoms. The molecule has 0 spiro atoms. The molecule has 1 N–H and O–H groups in total. The molecule has 0 saturated heterocycles. The van der Waals surface area contributed by atoms with E-state index >= 15 is 0 Å². The normalized spacial score (nSPS) is 8.42. The predicted molar refractivity (Wildman–Crippen MR) is 60.7 cm³/mol. The Hall–Kier alpha value is -0.300. The van der Waals surface area contributed by atoms with Crippen LogP contribution in [0.4, 0.5) is 0 Å². The summed E-state index contributed by atoms with van der Waals surface area (Å²) in [6.45, 7) is 9.60. The van der Waals surface area contributed by atoms with E-state index in [-0.39, 0.29) is 1.43 Å². The van der Waals surface area contributed by atoms with Crippen molar-refractivity contribution in [2.24, 2.45) is 0 Å². The van der Waals surface area contributed by atoms with E-state index in [0.29, 0.717) is 0 Å². The number of rotatable bonds is 4. The van der Waals surface area contributed by atoms with Crippen molar-refractivity contribution in [2.45, 2.75) is 47.0 Å². The fraction of sp³-hybridized carbons (Fsp3) is 0.818. The maximum atomic E-state index is 3.10. The van der Waals surface area contributed by atoms with Crippen molar-refractivity contribution in [1.82, 2.24) is 5.32 Å². The van der Waals surface area contributed by atoms with Crippen LogP contribution in [0.1, 0.15) is 48.4 Å². The Morgan fingerprint density at radius 2 is 1.83 bits per heavy atom. The number of hydrogen-bond donors (Lipinski definition) is 1. The molecule has 76 valence electrons. The molecule has 0 fully saturated rings. The van der Waals surface area contributed by atoms with Crippen molar-refractivity contribution >= 4 is 0 Å². The topological polar surface area (TPSA) is 12.0 Å². The van der Waals surface area contributed by atoms with Gasteiger partial charge in [-0.25, -0.2) is 0 Å². The van der Waals surface area contributed by atoms with Crippen molar-refractivity contribution in [3.8, 4) is 0 Å². The second kappa shape index (κ2) is 13.3. The van der Waals surface area contributed by atoms with E-state index in [1.54, 1.807) is 0 Å². The molecule has 0 aliphatic heterocycles. The average molecular weight is 173 g/mol. The maximum Gasteiger partial charge on any atom is 0 e. The fourth-order valence-electron chi connectivity index (χ4n) is 0.552. The summed E-state index contributed by atoms with van der Waals surface area (Å²) in [6.07, 6.45) is 6.09. The molecular formula is C11H27N. The summed E-state index contributed by atoms with van der Waals surface area (Å²) in [5.74, 6) is 0. The minimum absolute atomic E-state index is 0. The van der Waals surface area contributed by atoms with Crippen molar-refractivity contribution in [3.05, 3.63) is 11.6 Å². The van der Waals surface area contributed by atoms with Gasteiger partial charge in [0.2, 0.25) is 0 Å². The Balaban J connectivity index is -0.000000150. The molecule has 0 bridgehead atoms. The zero-order valence-electron chi connectivity index (χ0n) is 9.41. The van der Waals surface area contributed by atoms with Crippen molar-refractivity contribution in [3.63, 3.8) is 0 Å². The molecule has 0 heterocycles. The first-order valence-corrected chi connectivity index (χ1v) is 4.93. The van der Waals surface area contributed by atoms with Crippen molar-refractivity contribution in [1.29, 1.82) is 0 Å². The molecule has 0 aliphatic rings. The van der Waals surface area contributed by atoms with Gasteiger partial charge in [-0.1, -0.05) is 31.4 Å². The summed E-state index contributed by atoms with van der Waals surface area (Å²) in [5, 5.41) is 3.10. The molecule has 0 radical (unpaired) electrons. The third kappa shape index (κ3) is 22.6. The van der Waals surface area contributed by atoms with Gasteiger partial charge in [0, 0.05) is 1.43 Å². The van der Waals surface area contributed by atoms with E-state index in [2.05, 4.69) is 32.2 Å². The fourth-order valence-corrected chi connectivity index (χ4v) is 0.552. The zero-order valence-corrected chi connectivity index (χ0v) is 9.41. The summed E-state index contributed by atoms with van der Waals surface area (Å²) in [6, 6.07) is 0. The van der Waals surface area contributed by atoms with E-state index in [9.17, 15) is 0 Å². The first-order chi connectivity index (χ1) is 5.68. The Bertz CT molecular complexity index is 92.3. The van der Waals surface area contributed by atoms with Gasteiger partial charge >= 0.3 is 0 Å². The SMILES string of the molecule is CC=C(C)C.CCCCCNC.[HH]. The van der Waals surface area contributed by atoms with Crippen LogP contribution in [0.3, 0.4) is 0 Å². The molecule has 0 aromatic carbocycles. The lowest BCUT2D eigenvalue weighted by molar-refractivity contribution is 0.667. The van der Waals surface area contributed by atoms with Crippen LogP contribution in [-0.2, 0) is 0 Å². The molecule has 0 atom stereocenters.